The Morgan fingerprint density at radius 3 is 2.80 bits per heavy atom. The van der Waals surface area contributed by atoms with Crippen molar-refractivity contribution in [2.75, 3.05) is 6.79 Å². The van der Waals surface area contributed by atoms with Crippen molar-refractivity contribution in [1.82, 2.24) is 0 Å². The number of nitrogens with one attached hydrogen (secondary N) is 1. The van der Waals surface area contributed by atoms with Crippen LogP contribution in [0.15, 0.2) is 42.5 Å². The fraction of sp³-hybridized carbons (Fsp3) is 0.133. The summed E-state index contributed by atoms with van der Waals surface area (Å²) in [7, 11) is 0. The monoisotopic (exact) mass is 270 g/mol. The van der Waals surface area contributed by atoms with Gasteiger partial charge in [0.15, 0.2) is 11.5 Å². The van der Waals surface area contributed by atoms with Crippen molar-refractivity contribution in [3.05, 3.63) is 53.6 Å². The molecule has 5 nitrogen and oxygen atoms in total. The fourth-order valence-corrected chi connectivity index (χ4v) is 2.04. The molecule has 5 heteroatoms. The lowest BCUT2D eigenvalue weighted by Crippen LogP contribution is -2.14. The number of rotatable bonds is 4. The molecule has 20 heavy (non-hydrogen) atoms. The molecule has 0 aromatic heterocycles. The van der Waals surface area contributed by atoms with Crippen LogP contribution in [0.4, 0.5) is 0 Å². The van der Waals surface area contributed by atoms with E-state index in [1.165, 1.54) is 0 Å². The number of hydrogen-bond donors (Lipinski definition) is 2. The van der Waals surface area contributed by atoms with Gasteiger partial charge in [0.2, 0.25) is 6.79 Å². The van der Waals surface area contributed by atoms with Crippen molar-refractivity contribution in [3.8, 4) is 17.2 Å². The zero-order valence-corrected chi connectivity index (χ0v) is 10.8. The molecule has 0 aliphatic carbocycles. The van der Waals surface area contributed by atoms with E-state index >= 15 is 0 Å². The average Bonchev–Trinajstić information content (AvgIpc) is 2.92. The Kier molecular flexibility index (Phi) is 3.16. The van der Waals surface area contributed by atoms with E-state index in [0.717, 1.165) is 11.3 Å². The molecule has 0 saturated heterocycles. The third kappa shape index (κ3) is 2.38. The van der Waals surface area contributed by atoms with Gasteiger partial charge in [-0.2, -0.15) is 0 Å². The average molecular weight is 270 g/mol. The van der Waals surface area contributed by atoms with Crippen LogP contribution < -0.4 is 19.9 Å². The summed E-state index contributed by atoms with van der Waals surface area (Å²) >= 11 is 0. The molecule has 102 valence electrons. The number of nitrogen functional groups attached to an aromatic ring is 1. The second kappa shape index (κ2) is 5.13. The summed E-state index contributed by atoms with van der Waals surface area (Å²) < 4.78 is 16.3. The predicted octanol–water partition coefficient (Wildman–Crippen LogP) is 2.28. The standard InChI is InChI=1S/C15H14N2O3/c16-15(17)12-4-2-1-3-10(12)8-18-11-5-6-13-14(7-11)20-9-19-13/h1-7H,8-9H2,(H3,16,17). The number of nitrogens with two attached hydrogens (primary N) is 1. The number of benzene rings is 2. The van der Waals surface area contributed by atoms with Crippen LogP contribution in [0.25, 0.3) is 0 Å². The summed E-state index contributed by atoms with van der Waals surface area (Å²) in [6, 6.07) is 12.9. The van der Waals surface area contributed by atoms with Crippen molar-refractivity contribution in [2.24, 2.45) is 5.73 Å². The van der Waals surface area contributed by atoms with E-state index in [9.17, 15) is 0 Å². The van der Waals surface area contributed by atoms with E-state index in [1.807, 2.05) is 30.3 Å². The molecule has 0 spiro atoms. The predicted molar refractivity (Wildman–Crippen MR) is 74.4 cm³/mol. The lowest BCUT2D eigenvalue weighted by atomic mass is 10.1. The Balaban J connectivity index is 1.75. The minimum absolute atomic E-state index is 0.0369. The van der Waals surface area contributed by atoms with Crippen molar-refractivity contribution in [2.45, 2.75) is 6.61 Å². The molecule has 1 aliphatic rings. The molecule has 0 amide bonds. The summed E-state index contributed by atoms with van der Waals surface area (Å²) in [4.78, 5) is 0. The van der Waals surface area contributed by atoms with Crippen LogP contribution in [0.2, 0.25) is 0 Å². The number of ether oxygens (including phenoxy) is 3. The fourth-order valence-electron chi connectivity index (χ4n) is 2.04. The van der Waals surface area contributed by atoms with Crippen LogP contribution in [0.5, 0.6) is 17.2 Å². The van der Waals surface area contributed by atoms with Gasteiger partial charge in [0.25, 0.3) is 0 Å². The Hall–Kier alpha value is -2.69. The summed E-state index contributed by atoms with van der Waals surface area (Å²) in [5.41, 5.74) is 7.11. The maximum absolute atomic E-state index is 7.55. The molecule has 2 aromatic rings. The molecule has 3 rings (SSSR count). The Morgan fingerprint density at radius 1 is 1.15 bits per heavy atom. The molecule has 0 atom stereocenters. The van der Waals surface area contributed by atoms with Crippen molar-refractivity contribution >= 4 is 5.84 Å². The van der Waals surface area contributed by atoms with E-state index < -0.39 is 0 Å². The minimum atomic E-state index is 0.0369. The Bertz CT molecular complexity index is 655. The van der Waals surface area contributed by atoms with Gasteiger partial charge in [0, 0.05) is 17.2 Å². The molecule has 0 fully saturated rings. The second-order valence-corrected chi connectivity index (χ2v) is 4.37. The highest BCUT2D eigenvalue weighted by atomic mass is 16.7. The van der Waals surface area contributed by atoms with E-state index in [0.29, 0.717) is 23.7 Å². The molecule has 0 unspecified atom stereocenters. The van der Waals surface area contributed by atoms with Crippen LogP contribution in [0.1, 0.15) is 11.1 Å². The van der Waals surface area contributed by atoms with Gasteiger partial charge in [-0.3, -0.25) is 5.41 Å². The molecule has 2 aromatic carbocycles. The van der Waals surface area contributed by atoms with Gasteiger partial charge < -0.3 is 19.9 Å². The van der Waals surface area contributed by atoms with E-state index in [2.05, 4.69) is 0 Å². The smallest absolute Gasteiger partial charge is 0.231 e. The van der Waals surface area contributed by atoms with Crippen molar-refractivity contribution < 1.29 is 14.2 Å². The molecular weight excluding hydrogens is 256 g/mol. The third-order valence-corrected chi connectivity index (χ3v) is 3.05. The Morgan fingerprint density at radius 2 is 1.95 bits per heavy atom. The Labute approximate surface area is 116 Å². The molecular formula is C15H14N2O3. The normalized spacial score (nSPS) is 12.2. The molecule has 1 aliphatic heterocycles. The molecule has 0 saturated carbocycles. The highest BCUT2D eigenvalue weighted by Crippen LogP contribution is 2.35. The first-order valence-electron chi connectivity index (χ1n) is 6.19. The van der Waals surface area contributed by atoms with Crippen molar-refractivity contribution in [1.29, 1.82) is 5.41 Å². The quantitative estimate of drug-likeness (QED) is 0.660. The van der Waals surface area contributed by atoms with Crippen LogP contribution in [0.3, 0.4) is 0 Å². The maximum atomic E-state index is 7.55. The SMILES string of the molecule is N=C(N)c1ccccc1COc1ccc2c(c1)OCO2. The first-order valence-corrected chi connectivity index (χ1v) is 6.19. The third-order valence-electron chi connectivity index (χ3n) is 3.05. The summed E-state index contributed by atoms with van der Waals surface area (Å²) in [6.45, 7) is 0.585. The van der Waals surface area contributed by atoms with Gasteiger partial charge in [-0.25, -0.2) is 0 Å². The van der Waals surface area contributed by atoms with Crippen LogP contribution in [-0.2, 0) is 6.61 Å². The van der Waals surface area contributed by atoms with Gasteiger partial charge in [0.05, 0.1) is 0 Å². The van der Waals surface area contributed by atoms with E-state index in [1.54, 1.807) is 12.1 Å². The van der Waals surface area contributed by atoms with Gasteiger partial charge in [-0.15, -0.1) is 0 Å². The first-order chi connectivity index (χ1) is 9.74. The second-order valence-electron chi connectivity index (χ2n) is 4.37. The minimum Gasteiger partial charge on any atom is -0.489 e. The number of hydrogen-bond acceptors (Lipinski definition) is 4. The summed E-state index contributed by atoms with van der Waals surface area (Å²) in [5.74, 6) is 2.13. The van der Waals surface area contributed by atoms with Crippen LogP contribution in [-0.4, -0.2) is 12.6 Å². The summed E-state index contributed by atoms with van der Waals surface area (Å²) in [5, 5.41) is 7.55. The molecule has 0 radical (unpaired) electrons. The van der Waals surface area contributed by atoms with Gasteiger partial charge in [0.1, 0.15) is 18.2 Å². The highest BCUT2D eigenvalue weighted by molar-refractivity contribution is 5.96. The zero-order valence-electron chi connectivity index (χ0n) is 10.8. The largest absolute Gasteiger partial charge is 0.489 e. The van der Waals surface area contributed by atoms with E-state index in [4.69, 9.17) is 25.4 Å². The first kappa shape index (κ1) is 12.3. The number of amidine groups is 1. The highest BCUT2D eigenvalue weighted by Gasteiger charge is 2.14. The maximum Gasteiger partial charge on any atom is 0.231 e. The number of fused-ring (bicyclic) bond motifs is 1. The van der Waals surface area contributed by atoms with Gasteiger partial charge in [-0.05, 0) is 12.1 Å². The molecule has 1 heterocycles. The molecule has 3 N–H and O–H groups in total. The lowest BCUT2D eigenvalue weighted by molar-refractivity contribution is 0.173. The summed E-state index contributed by atoms with van der Waals surface area (Å²) in [6.07, 6.45) is 0. The van der Waals surface area contributed by atoms with Gasteiger partial charge in [-0.1, -0.05) is 24.3 Å². The lowest BCUT2D eigenvalue weighted by Gasteiger charge is -2.10. The topological polar surface area (TPSA) is 77.6 Å². The van der Waals surface area contributed by atoms with Crippen LogP contribution >= 0.6 is 0 Å². The van der Waals surface area contributed by atoms with E-state index in [-0.39, 0.29) is 12.6 Å². The van der Waals surface area contributed by atoms with Crippen molar-refractivity contribution in [3.63, 3.8) is 0 Å². The van der Waals surface area contributed by atoms with Gasteiger partial charge >= 0.3 is 0 Å². The molecule has 0 bridgehead atoms. The van der Waals surface area contributed by atoms with Crippen LogP contribution in [0, 0.1) is 5.41 Å². The zero-order chi connectivity index (χ0) is 13.9.